The molecule has 2 aromatic rings. The molecule has 2 rings (SSSR count). The van der Waals surface area contributed by atoms with Crippen LogP contribution in [0.25, 0.3) is 11.1 Å². The summed E-state index contributed by atoms with van der Waals surface area (Å²) in [7, 11) is 0. The summed E-state index contributed by atoms with van der Waals surface area (Å²) in [5, 5.41) is 18.1. The summed E-state index contributed by atoms with van der Waals surface area (Å²) in [6, 6.07) is 8.15. The Balaban J connectivity index is 2.56. The highest BCUT2D eigenvalue weighted by molar-refractivity contribution is 5.96. The average Bonchev–Trinajstić information content (AvgIpc) is 2.54. The Labute approximate surface area is 138 Å². The van der Waals surface area contributed by atoms with E-state index in [-0.39, 0.29) is 16.7 Å². The molecule has 3 nitrogen and oxygen atoms in total. The third-order valence-corrected chi connectivity index (χ3v) is 3.61. The van der Waals surface area contributed by atoms with E-state index in [0.717, 1.165) is 24.1 Å². The molecule has 0 aliphatic carbocycles. The van der Waals surface area contributed by atoms with Crippen LogP contribution in [0.1, 0.15) is 34.8 Å². The zero-order chi connectivity index (χ0) is 17.7. The standard InChI is InChI=1S/C19H15F2NO2/c1-2-3-4-5-12-6-7-14(19(23)24)15(8-12)13-9-17(20)16(11-22)18(21)10-13/h2-3,6-10H,4-5H2,1H3,(H,23,24). The predicted molar refractivity (Wildman–Crippen MR) is 86.6 cm³/mol. The molecule has 0 aliphatic heterocycles. The van der Waals surface area contributed by atoms with Crippen LogP contribution in [0.5, 0.6) is 0 Å². The van der Waals surface area contributed by atoms with E-state index in [4.69, 9.17) is 5.26 Å². The van der Waals surface area contributed by atoms with E-state index >= 15 is 0 Å². The van der Waals surface area contributed by atoms with Crippen LogP contribution >= 0.6 is 0 Å². The van der Waals surface area contributed by atoms with E-state index < -0.39 is 23.2 Å². The van der Waals surface area contributed by atoms with Crippen molar-refractivity contribution in [1.82, 2.24) is 0 Å². The molecule has 0 atom stereocenters. The van der Waals surface area contributed by atoms with Crippen molar-refractivity contribution in [2.45, 2.75) is 19.8 Å². The number of carbonyl (C=O) groups is 1. The summed E-state index contributed by atoms with van der Waals surface area (Å²) >= 11 is 0. The number of rotatable bonds is 5. The second-order valence-corrected chi connectivity index (χ2v) is 5.22. The summed E-state index contributed by atoms with van der Waals surface area (Å²) in [5.74, 6) is -3.21. The second kappa shape index (κ2) is 7.51. The molecular weight excluding hydrogens is 312 g/mol. The lowest BCUT2D eigenvalue weighted by Gasteiger charge is -2.10. The first-order chi connectivity index (χ1) is 11.5. The van der Waals surface area contributed by atoms with Crippen LogP contribution in [-0.4, -0.2) is 11.1 Å². The zero-order valence-corrected chi connectivity index (χ0v) is 13.0. The summed E-state index contributed by atoms with van der Waals surface area (Å²) in [4.78, 5) is 11.4. The number of carboxylic acids is 1. The molecule has 5 heteroatoms. The van der Waals surface area contributed by atoms with Crippen LogP contribution in [0, 0.1) is 23.0 Å². The van der Waals surface area contributed by atoms with Gasteiger partial charge < -0.3 is 5.11 Å². The molecule has 122 valence electrons. The number of carboxylic acid groups (broad SMARTS) is 1. The van der Waals surface area contributed by atoms with Gasteiger partial charge in [-0.2, -0.15) is 5.26 Å². The third kappa shape index (κ3) is 3.66. The van der Waals surface area contributed by atoms with Gasteiger partial charge in [0.05, 0.1) is 5.56 Å². The molecule has 0 saturated heterocycles. The molecule has 0 aromatic heterocycles. The molecular formula is C19H15F2NO2. The fraction of sp³-hybridized carbons (Fsp3) is 0.158. The van der Waals surface area contributed by atoms with E-state index in [1.807, 2.05) is 19.1 Å². The van der Waals surface area contributed by atoms with Gasteiger partial charge in [0, 0.05) is 0 Å². The summed E-state index contributed by atoms with van der Waals surface area (Å²) < 4.78 is 27.7. The van der Waals surface area contributed by atoms with E-state index in [0.29, 0.717) is 6.42 Å². The van der Waals surface area contributed by atoms with E-state index in [1.165, 1.54) is 12.1 Å². The first-order valence-electron chi connectivity index (χ1n) is 7.34. The summed E-state index contributed by atoms with van der Waals surface area (Å²) in [5.41, 5.74) is 0.448. The highest BCUT2D eigenvalue weighted by atomic mass is 19.1. The van der Waals surface area contributed by atoms with Gasteiger partial charge in [0.15, 0.2) is 0 Å². The molecule has 0 aliphatic rings. The number of aryl methyl sites for hydroxylation is 1. The molecule has 0 bridgehead atoms. The molecule has 0 radical (unpaired) electrons. The van der Waals surface area contributed by atoms with Gasteiger partial charge >= 0.3 is 5.97 Å². The van der Waals surface area contributed by atoms with Gasteiger partial charge in [-0.25, -0.2) is 13.6 Å². The van der Waals surface area contributed by atoms with E-state index in [1.54, 1.807) is 12.1 Å². The smallest absolute Gasteiger partial charge is 0.336 e. The summed E-state index contributed by atoms with van der Waals surface area (Å²) in [6.45, 7) is 1.90. The average molecular weight is 327 g/mol. The maximum Gasteiger partial charge on any atom is 0.336 e. The Morgan fingerprint density at radius 2 is 1.92 bits per heavy atom. The van der Waals surface area contributed by atoms with E-state index in [2.05, 4.69) is 0 Å². The van der Waals surface area contributed by atoms with Crippen molar-refractivity contribution >= 4 is 5.97 Å². The van der Waals surface area contributed by atoms with Gasteiger partial charge in [-0.1, -0.05) is 24.3 Å². The molecule has 2 aromatic carbocycles. The van der Waals surface area contributed by atoms with E-state index in [9.17, 15) is 18.7 Å². The van der Waals surface area contributed by atoms with Gasteiger partial charge in [-0.05, 0) is 54.7 Å². The number of benzene rings is 2. The SMILES string of the molecule is CC=CCCc1ccc(C(=O)O)c(-c2cc(F)c(C#N)c(F)c2)c1. The number of halogens is 2. The molecule has 0 heterocycles. The molecule has 1 N–H and O–H groups in total. The zero-order valence-electron chi connectivity index (χ0n) is 13.0. The van der Waals surface area contributed by atoms with Gasteiger partial charge in [-0.3, -0.25) is 0 Å². The largest absolute Gasteiger partial charge is 0.478 e. The molecule has 0 spiro atoms. The lowest BCUT2D eigenvalue weighted by Crippen LogP contribution is -2.02. The van der Waals surface area contributed by atoms with Crippen molar-refractivity contribution in [1.29, 1.82) is 5.26 Å². The minimum Gasteiger partial charge on any atom is -0.478 e. The number of nitriles is 1. The van der Waals surface area contributed by atoms with Crippen LogP contribution in [0.15, 0.2) is 42.5 Å². The number of nitrogens with zero attached hydrogens (tertiary/aromatic N) is 1. The molecule has 0 amide bonds. The van der Waals surface area contributed by atoms with Crippen molar-refractivity contribution in [3.05, 3.63) is 70.8 Å². The fourth-order valence-corrected chi connectivity index (χ4v) is 2.42. The van der Waals surface area contributed by atoms with Crippen molar-refractivity contribution < 1.29 is 18.7 Å². The maximum atomic E-state index is 13.9. The van der Waals surface area contributed by atoms with Crippen molar-refractivity contribution in [2.24, 2.45) is 0 Å². The topological polar surface area (TPSA) is 61.1 Å². The predicted octanol–water partition coefficient (Wildman–Crippen LogP) is 4.71. The van der Waals surface area contributed by atoms with Crippen LogP contribution in [0.4, 0.5) is 8.78 Å². The van der Waals surface area contributed by atoms with Crippen molar-refractivity contribution in [3.63, 3.8) is 0 Å². The highest BCUT2D eigenvalue weighted by Crippen LogP contribution is 2.29. The minimum absolute atomic E-state index is 0.0479. The fourth-order valence-electron chi connectivity index (χ4n) is 2.42. The first-order valence-corrected chi connectivity index (χ1v) is 7.34. The van der Waals surface area contributed by atoms with Crippen molar-refractivity contribution in [3.8, 4) is 17.2 Å². The number of hydrogen-bond acceptors (Lipinski definition) is 2. The molecule has 0 fully saturated rings. The van der Waals surface area contributed by atoms with Crippen LogP contribution in [0.3, 0.4) is 0 Å². The third-order valence-electron chi connectivity index (χ3n) is 3.61. The number of aromatic carboxylic acids is 1. The highest BCUT2D eigenvalue weighted by Gasteiger charge is 2.17. The number of hydrogen-bond donors (Lipinski definition) is 1. The quantitative estimate of drug-likeness (QED) is 0.809. The molecule has 0 saturated carbocycles. The number of allylic oxidation sites excluding steroid dienone is 2. The lowest BCUT2D eigenvalue weighted by atomic mass is 9.94. The second-order valence-electron chi connectivity index (χ2n) is 5.22. The molecule has 24 heavy (non-hydrogen) atoms. The Morgan fingerprint density at radius 3 is 2.46 bits per heavy atom. The van der Waals surface area contributed by atoms with Gasteiger partial charge in [0.1, 0.15) is 23.3 Å². The van der Waals surface area contributed by atoms with Crippen LogP contribution in [0.2, 0.25) is 0 Å². The Morgan fingerprint density at radius 1 is 1.25 bits per heavy atom. The Hall–Kier alpha value is -3.00. The Bertz CT molecular complexity index is 828. The normalized spacial score (nSPS) is 10.8. The van der Waals surface area contributed by atoms with Gasteiger partial charge in [0.25, 0.3) is 0 Å². The Kier molecular flexibility index (Phi) is 5.43. The first kappa shape index (κ1) is 17.4. The maximum absolute atomic E-state index is 13.9. The van der Waals surface area contributed by atoms with Crippen LogP contribution in [-0.2, 0) is 6.42 Å². The van der Waals surface area contributed by atoms with Crippen LogP contribution < -0.4 is 0 Å². The molecule has 0 unspecified atom stereocenters. The summed E-state index contributed by atoms with van der Waals surface area (Å²) in [6.07, 6.45) is 5.35. The van der Waals surface area contributed by atoms with Gasteiger partial charge in [-0.15, -0.1) is 0 Å². The minimum atomic E-state index is -1.19. The monoisotopic (exact) mass is 327 g/mol. The van der Waals surface area contributed by atoms with Crippen molar-refractivity contribution in [2.75, 3.05) is 0 Å². The van der Waals surface area contributed by atoms with Gasteiger partial charge in [0.2, 0.25) is 0 Å². The lowest BCUT2D eigenvalue weighted by molar-refractivity contribution is 0.0697.